The monoisotopic (exact) mass is 157 g/mol. The third kappa shape index (κ3) is 2.37. The van der Waals surface area contributed by atoms with Crippen LogP contribution in [0.1, 0.15) is 21.6 Å². The maximum atomic E-state index is 10.3. The van der Waals surface area contributed by atoms with Crippen LogP contribution in [0.15, 0.2) is 12.3 Å². The number of rotatable bonds is 1. The van der Waals surface area contributed by atoms with Crippen molar-refractivity contribution in [2.75, 3.05) is 0 Å². The molecule has 1 heterocycles. The fraction of sp³-hybridized carbons (Fsp3) is 0.250. The Hall–Kier alpha value is -0.783. The molecule has 0 unspecified atom stereocenters. The number of carbonyl (C=O) groups excluding carboxylic acids is 1. The first-order valence-electron chi connectivity index (χ1n) is 3.26. The van der Waals surface area contributed by atoms with Crippen LogP contribution in [-0.2, 0) is 0 Å². The van der Waals surface area contributed by atoms with E-state index in [4.69, 9.17) is 0 Å². The van der Waals surface area contributed by atoms with Gasteiger partial charge in [-0.25, -0.2) is 0 Å². The second kappa shape index (κ2) is 4.29. The van der Waals surface area contributed by atoms with Crippen LogP contribution >= 0.6 is 0 Å². The number of carboxylic acid groups (broad SMARTS) is 1. The number of aryl methyl sites for hydroxylation is 2. The number of carboxylic acids is 1. The van der Waals surface area contributed by atoms with Crippen molar-refractivity contribution in [1.82, 2.24) is 4.98 Å². The normalized spacial score (nSPS) is 8.83. The van der Waals surface area contributed by atoms with Crippen molar-refractivity contribution in [3.63, 3.8) is 0 Å². The van der Waals surface area contributed by atoms with Gasteiger partial charge in [-0.3, -0.25) is 4.98 Å². The van der Waals surface area contributed by atoms with Crippen molar-refractivity contribution in [3.8, 4) is 0 Å². The number of pyridine rings is 1. The molecule has 0 fully saturated rings. The zero-order valence-corrected chi connectivity index (χ0v) is 7.42. The summed E-state index contributed by atoms with van der Waals surface area (Å²) in [5, 5.41) is 10.3. The van der Waals surface area contributed by atoms with Gasteiger partial charge in [-0.05, 0) is 31.0 Å². The van der Waals surface area contributed by atoms with E-state index >= 15 is 0 Å². The average Bonchev–Trinajstić information content (AvgIpc) is 1.94. The maximum Gasteiger partial charge on any atom is 1.00 e. The Morgan fingerprint density at radius 3 is 2.42 bits per heavy atom. The van der Waals surface area contributed by atoms with Crippen LogP contribution in [0.25, 0.3) is 0 Å². The van der Waals surface area contributed by atoms with Gasteiger partial charge in [-0.15, -0.1) is 0 Å². The Balaban J connectivity index is 0.00000121. The smallest absolute Gasteiger partial charge is 0.543 e. The molecule has 3 nitrogen and oxygen atoms in total. The van der Waals surface area contributed by atoms with E-state index in [2.05, 4.69) is 4.98 Å². The molecule has 0 N–H and O–H groups in total. The van der Waals surface area contributed by atoms with Gasteiger partial charge in [-0.1, -0.05) is 0 Å². The topological polar surface area (TPSA) is 53.0 Å². The summed E-state index contributed by atoms with van der Waals surface area (Å²) in [6, 6.07) is 1.50. The minimum atomic E-state index is -1.23. The predicted molar refractivity (Wildman–Crippen MR) is 38.0 cm³/mol. The SMILES string of the molecule is Cc1cnc(C(=O)[O-])cc1C.[Li+]. The molecule has 0 aromatic carbocycles. The van der Waals surface area contributed by atoms with Gasteiger partial charge in [0.25, 0.3) is 0 Å². The zero-order valence-electron chi connectivity index (χ0n) is 7.42. The van der Waals surface area contributed by atoms with E-state index in [1.807, 2.05) is 13.8 Å². The first kappa shape index (κ1) is 11.2. The van der Waals surface area contributed by atoms with Gasteiger partial charge in [-0.2, -0.15) is 0 Å². The molecule has 0 aliphatic rings. The Bertz CT molecular complexity index is 299. The van der Waals surface area contributed by atoms with E-state index in [0.717, 1.165) is 11.1 Å². The molecule has 0 saturated carbocycles. The Kier molecular flexibility index (Phi) is 4.01. The molecule has 1 aromatic rings. The van der Waals surface area contributed by atoms with Gasteiger partial charge in [0.1, 0.15) is 0 Å². The fourth-order valence-electron chi connectivity index (χ4n) is 0.736. The second-order valence-electron chi connectivity index (χ2n) is 2.44. The minimum absolute atomic E-state index is 0. The zero-order chi connectivity index (χ0) is 8.43. The third-order valence-electron chi connectivity index (χ3n) is 1.58. The van der Waals surface area contributed by atoms with E-state index in [0.29, 0.717) is 0 Å². The number of carbonyl (C=O) groups is 1. The Morgan fingerprint density at radius 1 is 1.42 bits per heavy atom. The first-order valence-corrected chi connectivity index (χ1v) is 3.26. The molecule has 58 valence electrons. The second-order valence-corrected chi connectivity index (χ2v) is 2.44. The number of aromatic nitrogens is 1. The van der Waals surface area contributed by atoms with E-state index in [1.54, 1.807) is 0 Å². The van der Waals surface area contributed by atoms with Gasteiger partial charge in [0.15, 0.2) is 0 Å². The molecule has 0 radical (unpaired) electrons. The Labute approximate surface area is 83.0 Å². The molecule has 0 aliphatic carbocycles. The van der Waals surface area contributed by atoms with Crippen molar-refractivity contribution >= 4 is 5.97 Å². The maximum absolute atomic E-state index is 10.3. The quantitative estimate of drug-likeness (QED) is 0.410. The molecule has 0 saturated heterocycles. The summed E-state index contributed by atoms with van der Waals surface area (Å²) in [6.45, 7) is 3.71. The van der Waals surface area contributed by atoms with E-state index in [-0.39, 0.29) is 24.6 Å². The van der Waals surface area contributed by atoms with Crippen LogP contribution in [0.4, 0.5) is 0 Å². The van der Waals surface area contributed by atoms with Crippen molar-refractivity contribution in [1.29, 1.82) is 0 Å². The van der Waals surface area contributed by atoms with Crippen molar-refractivity contribution in [3.05, 3.63) is 29.1 Å². The van der Waals surface area contributed by atoms with Gasteiger partial charge in [0.05, 0.1) is 11.7 Å². The van der Waals surface area contributed by atoms with Gasteiger partial charge < -0.3 is 9.90 Å². The van der Waals surface area contributed by atoms with Crippen molar-refractivity contribution < 1.29 is 28.8 Å². The molecule has 0 amide bonds. The van der Waals surface area contributed by atoms with Gasteiger partial charge in [0.2, 0.25) is 0 Å². The van der Waals surface area contributed by atoms with Crippen molar-refractivity contribution in [2.24, 2.45) is 0 Å². The Morgan fingerprint density at radius 2 is 2.00 bits per heavy atom. The van der Waals surface area contributed by atoms with Crippen LogP contribution in [0, 0.1) is 13.8 Å². The minimum Gasteiger partial charge on any atom is -0.543 e. The predicted octanol–water partition coefficient (Wildman–Crippen LogP) is -2.93. The summed E-state index contributed by atoms with van der Waals surface area (Å²) in [6.07, 6.45) is 1.53. The molecular formula is C8H8LiNO2. The first-order chi connectivity index (χ1) is 5.11. The van der Waals surface area contributed by atoms with Crippen LogP contribution in [-0.4, -0.2) is 11.0 Å². The molecule has 0 aliphatic heterocycles. The third-order valence-corrected chi connectivity index (χ3v) is 1.58. The number of nitrogens with zero attached hydrogens (tertiary/aromatic N) is 1. The van der Waals surface area contributed by atoms with Crippen LogP contribution in [0.2, 0.25) is 0 Å². The number of hydrogen-bond donors (Lipinski definition) is 0. The molecule has 1 aromatic heterocycles. The van der Waals surface area contributed by atoms with Gasteiger partial charge in [0, 0.05) is 6.20 Å². The fourth-order valence-corrected chi connectivity index (χ4v) is 0.736. The summed E-state index contributed by atoms with van der Waals surface area (Å²) in [5.41, 5.74) is 1.89. The van der Waals surface area contributed by atoms with E-state index in [9.17, 15) is 9.90 Å². The summed E-state index contributed by atoms with van der Waals surface area (Å²) in [4.78, 5) is 14.0. The molecule has 4 heteroatoms. The summed E-state index contributed by atoms with van der Waals surface area (Å²) in [7, 11) is 0. The molecule has 0 spiro atoms. The standard InChI is InChI=1S/C8H9NO2.Li/c1-5-3-7(8(10)11)9-4-6(5)2;/h3-4H,1-2H3,(H,10,11);/q;+1/p-1. The largest absolute Gasteiger partial charge is 1.00 e. The van der Waals surface area contributed by atoms with E-state index in [1.165, 1.54) is 12.3 Å². The van der Waals surface area contributed by atoms with Crippen molar-refractivity contribution in [2.45, 2.75) is 13.8 Å². The summed E-state index contributed by atoms with van der Waals surface area (Å²) < 4.78 is 0. The van der Waals surface area contributed by atoms with Crippen LogP contribution in [0.3, 0.4) is 0 Å². The van der Waals surface area contributed by atoms with Crippen LogP contribution in [0.5, 0.6) is 0 Å². The molecular weight excluding hydrogens is 149 g/mol. The van der Waals surface area contributed by atoms with E-state index < -0.39 is 5.97 Å². The molecule has 0 bridgehead atoms. The summed E-state index contributed by atoms with van der Waals surface area (Å²) >= 11 is 0. The molecule has 12 heavy (non-hydrogen) atoms. The van der Waals surface area contributed by atoms with Gasteiger partial charge >= 0.3 is 18.9 Å². The average molecular weight is 157 g/mol. The number of aromatic carboxylic acids is 1. The molecule has 0 atom stereocenters. The summed E-state index contributed by atoms with van der Waals surface area (Å²) in [5.74, 6) is -1.23. The van der Waals surface area contributed by atoms with Crippen LogP contribution < -0.4 is 24.0 Å². The number of hydrogen-bond acceptors (Lipinski definition) is 3. The molecule has 1 rings (SSSR count).